The van der Waals surface area contributed by atoms with Gasteiger partial charge in [0.25, 0.3) is 0 Å². The molecule has 0 aliphatic carbocycles. The molecule has 94 valence electrons. The van der Waals surface area contributed by atoms with E-state index in [2.05, 4.69) is 18.9 Å². The second kappa shape index (κ2) is 5.03. The average Bonchev–Trinajstić information content (AvgIpc) is 2.23. The lowest BCUT2D eigenvalue weighted by Gasteiger charge is -2.53. The van der Waals surface area contributed by atoms with E-state index in [1.54, 1.807) is 0 Å². The van der Waals surface area contributed by atoms with Crippen LogP contribution in [0, 0.1) is 17.3 Å². The summed E-state index contributed by atoms with van der Waals surface area (Å²) in [4.78, 5) is 2.43. The summed E-state index contributed by atoms with van der Waals surface area (Å²) < 4.78 is 5.48. The molecule has 0 aromatic heterocycles. The predicted octanol–water partition coefficient (Wildman–Crippen LogP) is 1.36. The summed E-state index contributed by atoms with van der Waals surface area (Å²) in [6.07, 6.45) is 3.68. The second-order valence-electron chi connectivity index (χ2n) is 5.62. The molecule has 0 bridgehead atoms. The largest absolute Gasteiger partial charge is 0.396 e. The zero-order valence-corrected chi connectivity index (χ0v) is 10.6. The van der Waals surface area contributed by atoms with E-state index < -0.39 is 0 Å². The third-order valence-electron chi connectivity index (χ3n) is 4.71. The quantitative estimate of drug-likeness (QED) is 0.787. The van der Waals surface area contributed by atoms with E-state index in [1.807, 2.05) is 0 Å². The van der Waals surface area contributed by atoms with Gasteiger partial charge in [0.15, 0.2) is 0 Å². The first-order valence-corrected chi connectivity index (χ1v) is 6.60. The Morgan fingerprint density at radius 2 is 2.25 bits per heavy atom. The van der Waals surface area contributed by atoms with Gasteiger partial charge in [-0.15, -0.1) is 0 Å². The van der Waals surface area contributed by atoms with Crippen molar-refractivity contribution in [2.75, 3.05) is 40.0 Å². The maximum absolute atomic E-state index is 9.55. The fourth-order valence-corrected chi connectivity index (χ4v) is 3.50. The summed E-state index contributed by atoms with van der Waals surface area (Å²) in [6.45, 7) is 6.64. The summed E-state index contributed by atoms with van der Waals surface area (Å²) in [5.41, 5.74) is 0.276. The van der Waals surface area contributed by atoms with Crippen molar-refractivity contribution in [2.24, 2.45) is 17.3 Å². The molecule has 2 saturated heterocycles. The topological polar surface area (TPSA) is 32.7 Å². The zero-order chi connectivity index (χ0) is 11.6. The van der Waals surface area contributed by atoms with Crippen molar-refractivity contribution in [3.05, 3.63) is 0 Å². The minimum absolute atomic E-state index is 0.276. The van der Waals surface area contributed by atoms with E-state index in [1.165, 1.54) is 25.9 Å². The normalized spacial score (nSPS) is 32.1. The van der Waals surface area contributed by atoms with Crippen LogP contribution < -0.4 is 0 Å². The number of piperidine rings is 1. The highest BCUT2D eigenvalue weighted by atomic mass is 16.5. The van der Waals surface area contributed by atoms with Gasteiger partial charge in [0.1, 0.15) is 0 Å². The lowest BCUT2D eigenvalue weighted by Crippen LogP contribution is -2.57. The molecule has 2 unspecified atom stereocenters. The number of hydrogen-bond acceptors (Lipinski definition) is 3. The smallest absolute Gasteiger partial charge is 0.0551 e. The van der Waals surface area contributed by atoms with Crippen LogP contribution >= 0.6 is 0 Å². The van der Waals surface area contributed by atoms with Crippen LogP contribution in [0.5, 0.6) is 0 Å². The van der Waals surface area contributed by atoms with Gasteiger partial charge in [-0.05, 0) is 38.3 Å². The van der Waals surface area contributed by atoms with Crippen LogP contribution in [0.3, 0.4) is 0 Å². The molecule has 2 rings (SSSR count). The van der Waals surface area contributed by atoms with Gasteiger partial charge in [0.2, 0.25) is 0 Å². The molecule has 0 aromatic carbocycles. The van der Waals surface area contributed by atoms with Gasteiger partial charge in [-0.1, -0.05) is 13.3 Å². The zero-order valence-electron chi connectivity index (χ0n) is 10.6. The highest BCUT2D eigenvalue weighted by Crippen LogP contribution is 2.47. The summed E-state index contributed by atoms with van der Waals surface area (Å²) in [7, 11) is 2.21. The third kappa shape index (κ3) is 2.01. The van der Waals surface area contributed by atoms with Crippen LogP contribution in [0.4, 0.5) is 0 Å². The molecule has 1 N–H and O–H groups in total. The SMILES string of the molecule is CCC(CO)C1(C2CCCN(C)C2)COC1. The maximum Gasteiger partial charge on any atom is 0.0551 e. The number of aliphatic hydroxyl groups excluding tert-OH is 1. The molecular formula is C13H25NO2. The molecule has 0 amide bonds. The molecule has 0 aromatic rings. The molecule has 2 aliphatic rings. The summed E-state index contributed by atoms with van der Waals surface area (Å²) in [5.74, 6) is 1.15. The lowest BCUT2D eigenvalue weighted by molar-refractivity contribution is -0.194. The van der Waals surface area contributed by atoms with Crippen LogP contribution in [0.1, 0.15) is 26.2 Å². The average molecular weight is 227 g/mol. The highest BCUT2D eigenvalue weighted by molar-refractivity contribution is 4.98. The Bertz CT molecular complexity index is 224. The van der Waals surface area contributed by atoms with E-state index in [-0.39, 0.29) is 5.41 Å². The first-order valence-electron chi connectivity index (χ1n) is 6.60. The number of nitrogens with zero attached hydrogens (tertiary/aromatic N) is 1. The van der Waals surface area contributed by atoms with Crippen molar-refractivity contribution in [3.8, 4) is 0 Å². The van der Waals surface area contributed by atoms with E-state index in [0.29, 0.717) is 12.5 Å². The molecular weight excluding hydrogens is 202 g/mol. The molecule has 3 heteroatoms. The predicted molar refractivity (Wildman–Crippen MR) is 64.3 cm³/mol. The summed E-state index contributed by atoms with van der Waals surface area (Å²) in [6, 6.07) is 0. The molecule has 2 atom stereocenters. The van der Waals surface area contributed by atoms with Gasteiger partial charge in [-0.2, -0.15) is 0 Å². The standard InChI is InChI=1S/C13H25NO2/c1-3-11(8-15)13(9-16-10-13)12-5-4-6-14(2)7-12/h11-12,15H,3-10H2,1-2H3. The number of aliphatic hydroxyl groups is 1. The van der Waals surface area contributed by atoms with Gasteiger partial charge in [0.05, 0.1) is 13.2 Å². The van der Waals surface area contributed by atoms with E-state index >= 15 is 0 Å². The van der Waals surface area contributed by atoms with Gasteiger partial charge >= 0.3 is 0 Å². The summed E-state index contributed by atoms with van der Waals surface area (Å²) in [5, 5.41) is 9.55. The van der Waals surface area contributed by atoms with Crippen LogP contribution in [0.2, 0.25) is 0 Å². The molecule has 16 heavy (non-hydrogen) atoms. The van der Waals surface area contributed by atoms with Crippen LogP contribution in [-0.4, -0.2) is 50.0 Å². The van der Waals surface area contributed by atoms with E-state index in [0.717, 1.165) is 25.6 Å². The Balaban J connectivity index is 2.07. The molecule has 0 saturated carbocycles. The van der Waals surface area contributed by atoms with Gasteiger partial charge in [-0.25, -0.2) is 0 Å². The van der Waals surface area contributed by atoms with Crippen molar-refractivity contribution >= 4 is 0 Å². The minimum Gasteiger partial charge on any atom is -0.396 e. The number of hydrogen-bond donors (Lipinski definition) is 1. The Labute approximate surface area is 98.8 Å². The Hall–Kier alpha value is -0.120. The van der Waals surface area contributed by atoms with Crippen molar-refractivity contribution in [3.63, 3.8) is 0 Å². The molecule has 0 radical (unpaired) electrons. The highest BCUT2D eigenvalue weighted by Gasteiger charge is 2.50. The molecule has 2 heterocycles. The van der Waals surface area contributed by atoms with Crippen LogP contribution in [0.25, 0.3) is 0 Å². The van der Waals surface area contributed by atoms with E-state index in [9.17, 15) is 5.11 Å². The summed E-state index contributed by atoms with van der Waals surface area (Å²) >= 11 is 0. The lowest BCUT2D eigenvalue weighted by atomic mass is 9.62. The Morgan fingerprint density at radius 1 is 1.50 bits per heavy atom. The van der Waals surface area contributed by atoms with Gasteiger partial charge in [-0.3, -0.25) is 0 Å². The Morgan fingerprint density at radius 3 is 2.69 bits per heavy atom. The van der Waals surface area contributed by atoms with E-state index in [4.69, 9.17) is 4.74 Å². The molecule has 3 nitrogen and oxygen atoms in total. The van der Waals surface area contributed by atoms with Crippen LogP contribution in [-0.2, 0) is 4.74 Å². The minimum atomic E-state index is 0.276. The maximum atomic E-state index is 9.55. The molecule has 2 aliphatic heterocycles. The van der Waals surface area contributed by atoms with Crippen molar-refractivity contribution in [1.29, 1.82) is 0 Å². The van der Waals surface area contributed by atoms with Crippen molar-refractivity contribution in [1.82, 2.24) is 4.90 Å². The third-order valence-corrected chi connectivity index (χ3v) is 4.71. The first-order chi connectivity index (χ1) is 7.73. The Kier molecular flexibility index (Phi) is 3.88. The fourth-order valence-electron chi connectivity index (χ4n) is 3.50. The molecule has 2 fully saturated rings. The number of rotatable bonds is 4. The number of likely N-dealkylation sites (tertiary alicyclic amines) is 1. The first kappa shape index (κ1) is 12.3. The van der Waals surface area contributed by atoms with Crippen molar-refractivity contribution < 1.29 is 9.84 Å². The number of ether oxygens (including phenoxy) is 1. The molecule has 0 spiro atoms. The van der Waals surface area contributed by atoms with Gasteiger partial charge in [0, 0.05) is 18.6 Å². The van der Waals surface area contributed by atoms with Crippen molar-refractivity contribution in [2.45, 2.75) is 26.2 Å². The van der Waals surface area contributed by atoms with Gasteiger partial charge < -0.3 is 14.7 Å². The fraction of sp³-hybridized carbons (Fsp3) is 1.00. The monoisotopic (exact) mass is 227 g/mol. The second-order valence-corrected chi connectivity index (χ2v) is 5.62. The van der Waals surface area contributed by atoms with Crippen LogP contribution in [0.15, 0.2) is 0 Å².